The molecule has 1 aliphatic rings. The van der Waals surface area contributed by atoms with Crippen molar-refractivity contribution in [1.82, 2.24) is 10.3 Å². The van der Waals surface area contributed by atoms with Crippen molar-refractivity contribution < 1.29 is 14.3 Å². The minimum Gasteiger partial charge on any atom is -0.497 e. The van der Waals surface area contributed by atoms with E-state index >= 15 is 0 Å². The molecular formula is C22H20ClN3O3S. The van der Waals surface area contributed by atoms with Gasteiger partial charge in [0.2, 0.25) is 5.91 Å². The molecule has 0 fully saturated rings. The zero-order chi connectivity index (χ0) is 21.1. The lowest BCUT2D eigenvalue weighted by Crippen LogP contribution is -2.28. The van der Waals surface area contributed by atoms with E-state index in [4.69, 9.17) is 16.3 Å². The van der Waals surface area contributed by atoms with Gasteiger partial charge in [0.25, 0.3) is 5.91 Å². The Morgan fingerprint density at radius 2 is 1.90 bits per heavy atom. The topological polar surface area (TPSA) is 80.3 Å². The van der Waals surface area contributed by atoms with Gasteiger partial charge in [-0.1, -0.05) is 23.7 Å². The summed E-state index contributed by atoms with van der Waals surface area (Å²) in [5.41, 5.74) is 2.26. The number of rotatable bonds is 6. The maximum absolute atomic E-state index is 12.7. The number of nitrogens with one attached hydrogen (secondary N) is 2. The zero-order valence-electron chi connectivity index (χ0n) is 16.3. The molecule has 0 radical (unpaired) electrons. The highest BCUT2D eigenvalue weighted by Gasteiger charge is 2.32. The van der Waals surface area contributed by atoms with Crippen LogP contribution in [0.25, 0.3) is 0 Å². The van der Waals surface area contributed by atoms with E-state index in [1.807, 2.05) is 12.1 Å². The number of anilines is 1. The molecule has 30 heavy (non-hydrogen) atoms. The first-order valence-electron chi connectivity index (χ1n) is 9.50. The summed E-state index contributed by atoms with van der Waals surface area (Å²) in [6, 6.07) is 14.2. The van der Waals surface area contributed by atoms with Gasteiger partial charge in [-0.05, 0) is 54.8 Å². The van der Waals surface area contributed by atoms with Crippen LogP contribution < -0.4 is 15.4 Å². The fourth-order valence-electron chi connectivity index (χ4n) is 3.36. The number of aryl methyl sites for hydroxylation is 1. The molecular weight excluding hydrogens is 422 g/mol. The highest BCUT2D eigenvalue weighted by molar-refractivity contribution is 7.16. The molecule has 4 rings (SSSR count). The Morgan fingerprint density at radius 3 is 2.60 bits per heavy atom. The van der Waals surface area contributed by atoms with Gasteiger partial charge >= 0.3 is 0 Å². The van der Waals surface area contributed by atoms with E-state index in [9.17, 15) is 9.59 Å². The second kappa shape index (κ2) is 8.85. The number of halogens is 1. The maximum Gasteiger partial charge on any atom is 0.257 e. The second-order valence-electron chi connectivity index (χ2n) is 6.95. The van der Waals surface area contributed by atoms with Crippen molar-refractivity contribution in [3.05, 3.63) is 75.3 Å². The highest BCUT2D eigenvalue weighted by Crippen LogP contribution is 2.38. The molecule has 1 aromatic heterocycles. The number of amides is 2. The van der Waals surface area contributed by atoms with Gasteiger partial charge in [-0.15, -0.1) is 11.3 Å². The average Bonchev–Trinajstić information content (AvgIpc) is 3.33. The molecule has 0 spiro atoms. The van der Waals surface area contributed by atoms with E-state index in [2.05, 4.69) is 15.6 Å². The number of benzene rings is 2. The van der Waals surface area contributed by atoms with Crippen LogP contribution >= 0.6 is 22.9 Å². The van der Waals surface area contributed by atoms with E-state index in [1.54, 1.807) is 43.5 Å². The summed E-state index contributed by atoms with van der Waals surface area (Å²) >= 11 is 7.32. The monoisotopic (exact) mass is 441 g/mol. The van der Waals surface area contributed by atoms with Crippen molar-refractivity contribution >= 4 is 39.9 Å². The molecule has 2 amide bonds. The Morgan fingerprint density at radius 1 is 1.17 bits per heavy atom. The molecule has 154 valence electrons. The summed E-state index contributed by atoms with van der Waals surface area (Å²) < 4.78 is 5.11. The molecule has 0 saturated carbocycles. The molecule has 1 heterocycles. The van der Waals surface area contributed by atoms with E-state index in [0.717, 1.165) is 29.0 Å². The first-order chi connectivity index (χ1) is 14.5. The predicted molar refractivity (Wildman–Crippen MR) is 117 cm³/mol. The van der Waals surface area contributed by atoms with Gasteiger partial charge in [-0.25, -0.2) is 4.98 Å². The number of hydrogen-bond acceptors (Lipinski definition) is 5. The SMILES string of the molecule is COc1ccc(C(=O)Nc2nc3c(s2)CCC3C(=O)NCc2ccc(Cl)cc2)cc1. The molecule has 1 aliphatic carbocycles. The fraction of sp³-hybridized carbons (Fsp3) is 0.227. The lowest BCUT2D eigenvalue weighted by atomic mass is 10.1. The van der Waals surface area contributed by atoms with Crippen LogP contribution in [0.4, 0.5) is 5.13 Å². The molecule has 3 aromatic rings. The van der Waals surface area contributed by atoms with E-state index in [0.29, 0.717) is 28.0 Å². The summed E-state index contributed by atoms with van der Waals surface area (Å²) in [5, 5.41) is 6.98. The lowest BCUT2D eigenvalue weighted by molar-refractivity contribution is -0.122. The maximum atomic E-state index is 12.7. The van der Waals surface area contributed by atoms with Crippen molar-refractivity contribution in [1.29, 1.82) is 0 Å². The van der Waals surface area contributed by atoms with Crippen LogP contribution in [0.3, 0.4) is 0 Å². The quantitative estimate of drug-likeness (QED) is 0.594. The third-order valence-electron chi connectivity index (χ3n) is 4.99. The highest BCUT2D eigenvalue weighted by atomic mass is 35.5. The van der Waals surface area contributed by atoms with Crippen molar-refractivity contribution in [2.75, 3.05) is 12.4 Å². The van der Waals surface area contributed by atoms with E-state index in [1.165, 1.54) is 11.3 Å². The number of carbonyl (C=O) groups excluding carboxylic acids is 2. The van der Waals surface area contributed by atoms with Gasteiger partial charge in [0, 0.05) is 22.0 Å². The number of thiazole rings is 1. The third kappa shape index (κ3) is 4.47. The molecule has 8 heteroatoms. The van der Waals surface area contributed by atoms with Crippen LogP contribution in [-0.2, 0) is 17.8 Å². The first-order valence-corrected chi connectivity index (χ1v) is 10.7. The van der Waals surface area contributed by atoms with Crippen LogP contribution in [0, 0.1) is 0 Å². The number of methoxy groups -OCH3 is 1. The van der Waals surface area contributed by atoms with Gasteiger partial charge in [-0.3, -0.25) is 14.9 Å². The van der Waals surface area contributed by atoms with Crippen molar-refractivity contribution in [2.45, 2.75) is 25.3 Å². The first kappa shape index (κ1) is 20.4. The Hall–Kier alpha value is -2.90. The zero-order valence-corrected chi connectivity index (χ0v) is 17.8. The third-order valence-corrected chi connectivity index (χ3v) is 6.29. The Balaban J connectivity index is 1.39. The van der Waals surface area contributed by atoms with Gasteiger partial charge in [0.05, 0.1) is 18.7 Å². The number of carbonyl (C=O) groups is 2. The molecule has 0 aliphatic heterocycles. The fourth-order valence-corrected chi connectivity index (χ4v) is 4.52. The largest absolute Gasteiger partial charge is 0.497 e. The van der Waals surface area contributed by atoms with Gasteiger partial charge in [0.1, 0.15) is 5.75 Å². The minimum atomic E-state index is -0.296. The van der Waals surface area contributed by atoms with Crippen LogP contribution in [0.2, 0.25) is 5.02 Å². The van der Waals surface area contributed by atoms with Crippen molar-refractivity contribution in [3.63, 3.8) is 0 Å². The molecule has 2 N–H and O–H groups in total. The summed E-state index contributed by atoms with van der Waals surface area (Å²) in [6.07, 6.45) is 1.51. The Bertz CT molecular complexity index is 1060. The normalized spacial score (nSPS) is 14.8. The smallest absolute Gasteiger partial charge is 0.257 e. The standard InChI is InChI=1S/C22H20ClN3O3S/c1-29-16-8-4-14(5-9-16)20(27)26-22-25-19-17(10-11-18(19)30-22)21(28)24-12-13-2-6-15(23)7-3-13/h2-9,17H,10-12H2,1H3,(H,24,28)(H,25,26,27). The number of ether oxygens (including phenoxy) is 1. The van der Waals surface area contributed by atoms with Gasteiger partial charge < -0.3 is 10.1 Å². The van der Waals surface area contributed by atoms with Crippen molar-refractivity contribution in [3.8, 4) is 5.75 Å². The predicted octanol–water partition coefficient (Wildman–Crippen LogP) is 4.40. The van der Waals surface area contributed by atoms with Gasteiger partial charge in [-0.2, -0.15) is 0 Å². The van der Waals surface area contributed by atoms with Crippen LogP contribution in [0.1, 0.15) is 38.8 Å². The molecule has 2 aromatic carbocycles. The van der Waals surface area contributed by atoms with Gasteiger partial charge in [0.15, 0.2) is 5.13 Å². The lowest BCUT2D eigenvalue weighted by Gasteiger charge is -2.11. The summed E-state index contributed by atoms with van der Waals surface area (Å²) in [4.78, 5) is 30.7. The number of hydrogen-bond donors (Lipinski definition) is 2. The average molecular weight is 442 g/mol. The number of fused-ring (bicyclic) bond motifs is 1. The molecule has 1 unspecified atom stereocenters. The van der Waals surface area contributed by atoms with Crippen molar-refractivity contribution in [2.24, 2.45) is 0 Å². The van der Waals surface area contributed by atoms with Crippen LogP contribution in [0.15, 0.2) is 48.5 Å². The summed E-state index contributed by atoms with van der Waals surface area (Å²) in [6.45, 7) is 0.438. The number of aromatic nitrogens is 1. The molecule has 6 nitrogen and oxygen atoms in total. The van der Waals surface area contributed by atoms with Crippen LogP contribution in [-0.4, -0.2) is 23.9 Å². The van der Waals surface area contributed by atoms with E-state index < -0.39 is 0 Å². The minimum absolute atomic E-state index is 0.0537. The summed E-state index contributed by atoms with van der Waals surface area (Å²) in [5.74, 6) is 0.0956. The van der Waals surface area contributed by atoms with E-state index in [-0.39, 0.29) is 17.7 Å². The molecule has 0 bridgehead atoms. The van der Waals surface area contributed by atoms with Crippen LogP contribution in [0.5, 0.6) is 5.75 Å². The number of nitrogens with zero attached hydrogens (tertiary/aromatic N) is 1. The Kier molecular flexibility index (Phi) is 6.01. The molecule has 1 atom stereocenters. The Labute approximate surface area is 183 Å². The second-order valence-corrected chi connectivity index (χ2v) is 8.47. The summed E-state index contributed by atoms with van der Waals surface area (Å²) in [7, 11) is 1.58. The molecule has 0 saturated heterocycles.